The zero-order valence-electron chi connectivity index (χ0n) is 15.1. The van der Waals surface area contributed by atoms with Crippen molar-refractivity contribution >= 4 is 12.0 Å². The number of aliphatic hydroxyl groups is 1. The maximum atomic E-state index is 12.4. The molecule has 0 unspecified atom stereocenters. The van der Waals surface area contributed by atoms with Gasteiger partial charge in [-0.1, -0.05) is 0 Å². The number of hydrogen-bond acceptors (Lipinski definition) is 5. The first-order valence-electron chi connectivity index (χ1n) is 8.86. The number of aliphatic hydroxyl groups excluding tert-OH is 1. The molecule has 1 atom stereocenters. The van der Waals surface area contributed by atoms with Gasteiger partial charge in [-0.2, -0.15) is 0 Å². The molecular weight excluding hydrogens is 310 g/mol. The lowest BCUT2D eigenvalue weighted by atomic mass is 9.87. The molecule has 1 rings (SSSR count). The van der Waals surface area contributed by atoms with Gasteiger partial charge in [0.15, 0.2) is 0 Å². The molecule has 5 N–H and O–H groups in total. The number of rotatable bonds is 7. The maximum Gasteiger partial charge on any atom is 0.408 e. The molecule has 1 aliphatic carbocycles. The highest BCUT2D eigenvalue weighted by atomic mass is 16.6. The van der Waals surface area contributed by atoms with Crippen molar-refractivity contribution in [3.05, 3.63) is 0 Å². The van der Waals surface area contributed by atoms with Crippen LogP contribution in [0.15, 0.2) is 0 Å². The van der Waals surface area contributed by atoms with Gasteiger partial charge < -0.3 is 26.2 Å². The van der Waals surface area contributed by atoms with Gasteiger partial charge >= 0.3 is 6.09 Å². The Balaban J connectivity index is 2.47. The summed E-state index contributed by atoms with van der Waals surface area (Å²) in [4.78, 5) is 24.3. The Kier molecular flexibility index (Phi) is 8.48. The lowest BCUT2D eigenvalue weighted by Crippen LogP contribution is -2.49. The van der Waals surface area contributed by atoms with Crippen LogP contribution in [0.1, 0.15) is 59.3 Å². The highest BCUT2D eigenvalue weighted by Crippen LogP contribution is 2.23. The standard InChI is InChI=1S/C17H33N3O4/c1-17(2,3)24-16(23)20-14(5-4-10-18)15(22)19-11-12-6-8-13(21)9-7-12/h12-14,21H,4-11,18H2,1-3H3,(H,19,22)(H,20,23)/t12?,13?,14-/m0/s1. The molecule has 0 bridgehead atoms. The molecule has 0 spiro atoms. The van der Waals surface area contributed by atoms with Crippen molar-refractivity contribution in [1.82, 2.24) is 10.6 Å². The predicted octanol–water partition coefficient (Wildman–Crippen LogP) is 1.29. The Bertz CT molecular complexity index is 401. The monoisotopic (exact) mass is 343 g/mol. The quantitative estimate of drug-likeness (QED) is 0.556. The Morgan fingerprint density at radius 3 is 2.42 bits per heavy atom. The normalized spacial score (nSPS) is 22.5. The van der Waals surface area contributed by atoms with E-state index in [1.165, 1.54) is 0 Å². The number of hydrogen-bond donors (Lipinski definition) is 4. The molecule has 1 aliphatic rings. The van der Waals surface area contributed by atoms with Crippen molar-refractivity contribution in [1.29, 1.82) is 0 Å². The molecule has 1 saturated carbocycles. The summed E-state index contributed by atoms with van der Waals surface area (Å²) < 4.78 is 5.22. The first-order chi connectivity index (χ1) is 11.2. The second-order valence-electron chi connectivity index (χ2n) is 7.55. The van der Waals surface area contributed by atoms with Crippen LogP contribution in [0.5, 0.6) is 0 Å². The zero-order valence-corrected chi connectivity index (χ0v) is 15.1. The van der Waals surface area contributed by atoms with Crippen LogP contribution in [0.4, 0.5) is 4.79 Å². The SMILES string of the molecule is CC(C)(C)OC(=O)N[C@@H](CCCN)C(=O)NCC1CCC(O)CC1. The van der Waals surface area contributed by atoms with E-state index in [0.29, 0.717) is 31.8 Å². The van der Waals surface area contributed by atoms with E-state index in [1.807, 2.05) is 0 Å². The lowest BCUT2D eigenvalue weighted by Gasteiger charge is -2.27. The lowest BCUT2D eigenvalue weighted by molar-refractivity contribution is -0.123. The van der Waals surface area contributed by atoms with Crippen LogP contribution in [-0.4, -0.2) is 47.9 Å². The minimum atomic E-state index is -0.641. The van der Waals surface area contributed by atoms with E-state index in [0.717, 1.165) is 25.7 Å². The zero-order chi connectivity index (χ0) is 18.2. The van der Waals surface area contributed by atoms with Crippen molar-refractivity contribution in [2.24, 2.45) is 11.7 Å². The van der Waals surface area contributed by atoms with Crippen LogP contribution >= 0.6 is 0 Å². The van der Waals surface area contributed by atoms with Gasteiger partial charge in [-0.25, -0.2) is 4.79 Å². The van der Waals surface area contributed by atoms with Crippen LogP contribution in [0, 0.1) is 5.92 Å². The molecule has 0 saturated heterocycles. The van der Waals surface area contributed by atoms with Gasteiger partial charge in [0.1, 0.15) is 11.6 Å². The smallest absolute Gasteiger partial charge is 0.408 e. The molecule has 0 aromatic carbocycles. The van der Waals surface area contributed by atoms with E-state index in [9.17, 15) is 14.7 Å². The summed E-state index contributed by atoms with van der Waals surface area (Å²) in [7, 11) is 0. The third-order valence-electron chi connectivity index (χ3n) is 4.09. The average molecular weight is 343 g/mol. The van der Waals surface area contributed by atoms with E-state index in [4.69, 9.17) is 10.5 Å². The van der Waals surface area contributed by atoms with Crippen LogP contribution < -0.4 is 16.4 Å². The molecule has 7 nitrogen and oxygen atoms in total. The summed E-state index contributed by atoms with van der Waals surface area (Å²) in [5.74, 6) is 0.175. The third kappa shape index (κ3) is 8.49. The summed E-state index contributed by atoms with van der Waals surface area (Å²) in [5, 5.41) is 15.1. The second-order valence-corrected chi connectivity index (χ2v) is 7.55. The summed E-state index contributed by atoms with van der Waals surface area (Å²) >= 11 is 0. The Morgan fingerprint density at radius 2 is 1.88 bits per heavy atom. The van der Waals surface area contributed by atoms with Crippen molar-refractivity contribution < 1.29 is 19.4 Å². The van der Waals surface area contributed by atoms with Gasteiger partial charge in [-0.15, -0.1) is 0 Å². The molecular formula is C17H33N3O4. The third-order valence-corrected chi connectivity index (χ3v) is 4.09. The summed E-state index contributed by atoms with van der Waals surface area (Å²) in [5.41, 5.74) is 4.90. The fourth-order valence-electron chi connectivity index (χ4n) is 2.76. The predicted molar refractivity (Wildman–Crippen MR) is 92.4 cm³/mol. The van der Waals surface area contributed by atoms with Gasteiger partial charge in [0.05, 0.1) is 6.10 Å². The van der Waals surface area contributed by atoms with E-state index >= 15 is 0 Å². The second kappa shape index (κ2) is 9.84. The van der Waals surface area contributed by atoms with Crippen LogP contribution in [0.2, 0.25) is 0 Å². The van der Waals surface area contributed by atoms with Crippen molar-refractivity contribution in [2.75, 3.05) is 13.1 Å². The van der Waals surface area contributed by atoms with Crippen molar-refractivity contribution in [3.8, 4) is 0 Å². The molecule has 0 aromatic rings. The number of nitrogens with two attached hydrogens (primary N) is 1. The molecule has 24 heavy (non-hydrogen) atoms. The molecule has 0 aliphatic heterocycles. The van der Waals surface area contributed by atoms with E-state index in [2.05, 4.69) is 10.6 Å². The highest BCUT2D eigenvalue weighted by molar-refractivity contribution is 5.85. The minimum absolute atomic E-state index is 0.205. The number of carbonyl (C=O) groups excluding carboxylic acids is 2. The summed E-state index contributed by atoms with van der Waals surface area (Å²) in [6.45, 7) is 6.36. The number of nitrogens with one attached hydrogen (secondary N) is 2. The van der Waals surface area contributed by atoms with Gasteiger partial charge in [-0.3, -0.25) is 4.79 Å². The largest absolute Gasteiger partial charge is 0.444 e. The van der Waals surface area contributed by atoms with Gasteiger partial charge in [-0.05, 0) is 71.8 Å². The minimum Gasteiger partial charge on any atom is -0.444 e. The van der Waals surface area contributed by atoms with Crippen LogP contribution in [0.3, 0.4) is 0 Å². The van der Waals surface area contributed by atoms with Crippen molar-refractivity contribution in [3.63, 3.8) is 0 Å². The number of alkyl carbamates (subject to hydrolysis) is 1. The van der Waals surface area contributed by atoms with Crippen LogP contribution in [0.25, 0.3) is 0 Å². The van der Waals surface area contributed by atoms with E-state index in [-0.39, 0.29) is 12.0 Å². The molecule has 0 aromatic heterocycles. The fraction of sp³-hybridized carbons (Fsp3) is 0.882. The topological polar surface area (TPSA) is 114 Å². The highest BCUT2D eigenvalue weighted by Gasteiger charge is 2.25. The van der Waals surface area contributed by atoms with Gasteiger partial charge in [0, 0.05) is 6.54 Å². The molecule has 2 amide bonds. The fourth-order valence-corrected chi connectivity index (χ4v) is 2.76. The maximum absolute atomic E-state index is 12.4. The van der Waals surface area contributed by atoms with Crippen LogP contribution in [-0.2, 0) is 9.53 Å². The van der Waals surface area contributed by atoms with Gasteiger partial charge in [0.25, 0.3) is 0 Å². The molecule has 1 fully saturated rings. The summed E-state index contributed by atoms with van der Waals surface area (Å²) in [6.07, 6.45) is 3.71. The Labute approximate surface area is 144 Å². The van der Waals surface area contributed by atoms with Gasteiger partial charge in [0.2, 0.25) is 5.91 Å². The first-order valence-corrected chi connectivity index (χ1v) is 8.86. The Morgan fingerprint density at radius 1 is 1.25 bits per heavy atom. The molecule has 140 valence electrons. The number of carbonyl (C=O) groups is 2. The first kappa shape index (κ1) is 20.7. The van der Waals surface area contributed by atoms with E-state index < -0.39 is 17.7 Å². The molecule has 0 radical (unpaired) electrons. The molecule has 0 heterocycles. The number of amides is 2. The van der Waals surface area contributed by atoms with Crippen molar-refractivity contribution in [2.45, 2.75) is 77.0 Å². The Hall–Kier alpha value is -1.34. The number of ether oxygens (including phenoxy) is 1. The van der Waals surface area contributed by atoms with E-state index in [1.54, 1.807) is 20.8 Å². The average Bonchev–Trinajstić information content (AvgIpc) is 2.48. The summed E-state index contributed by atoms with van der Waals surface area (Å²) in [6, 6.07) is -0.641. The molecule has 7 heteroatoms.